The van der Waals surface area contributed by atoms with Gasteiger partial charge >= 0.3 is 5.97 Å². The third kappa shape index (κ3) is 4.00. The molecule has 0 radical (unpaired) electrons. The van der Waals surface area contributed by atoms with E-state index < -0.39 is 0 Å². The summed E-state index contributed by atoms with van der Waals surface area (Å²) in [4.78, 5) is 12.3. The highest BCUT2D eigenvalue weighted by Crippen LogP contribution is 2.68. The van der Waals surface area contributed by atoms with Crippen LogP contribution in [0.25, 0.3) is 0 Å². The maximum absolute atomic E-state index is 12.3. The molecule has 2 nitrogen and oxygen atoms in total. The SMILES string of the molecule is CCC12CCC(C(=O)OC)CC1=CCC1C2CCC2(C)C(C(C)CCCC(C)C)CCC12. The topological polar surface area (TPSA) is 26.3 Å². The molecule has 8 atom stereocenters. The number of rotatable bonds is 7. The summed E-state index contributed by atoms with van der Waals surface area (Å²) in [5.41, 5.74) is 2.56. The number of methoxy groups -OCH3 is 1. The molecular weight excluding hydrogens is 392 g/mol. The molecule has 4 aliphatic rings. The van der Waals surface area contributed by atoms with Gasteiger partial charge in [-0.2, -0.15) is 0 Å². The predicted octanol–water partition coefficient (Wildman–Crippen LogP) is 8.21. The Morgan fingerprint density at radius 2 is 1.88 bits per heavy atom. The quantitative estimate of drug-likeness (QED) is 0.293. The zero-order chi connectivity index (χ0) is 23.1. The van der Waals surface area contributed by atoms with Gasteiger partial charge in [0.05, 0.1) is 13.0 Å². The van der Waals surface area contributed by atoms with Crippen LogP contribution in [0.1, 0.15) is 112 Å². The lowest BCUT2D eigenvalue weighted by atomic mass is 9.45. The second-order valence-corrected chi connectivity index (χ2v) is 12.8. The maximum atomic E-state index is 12.3. The monoisotopic (exact) mass is 442 g/mol. The van der Waals surface area contributed by atoms with Crippen LogP contribution >= 0.6 is 0 Å². The van der Waals surface area contributed by atoms with Crippen molar-refractivity contribution in [3.05, 3.63) is 11.6 Å². The number of ether oxygens (including phenoxy) is 1. The van der Waals surface area contributed by atoms with Crippen LogP contribution in [0.3, 0.4) is 0 Å². The first-order chi connectivity index (χ1) is 15.3. The van der Waals surface area contributed by atoms with E-state index in [1.54, 1.807) is 12.7 Å². The van der Waals surface area contributed by atoms with Gasteiger partial charge in [0.1, 0.15) is 0 Å². The lowest BCUT2D eigenvalue weighted by Gasteiger charge is -2.59. The molecule has 3 fully saturated rings. The zero-order valence-electron chi connectivity index (χ0n) is 21.9. The summed E-state index contributed by atoms with van der Waals surface area (Å²) in [5, 5.41) is 0. The fourth-order valence-corrected chi connectivity index (χ4v) is 9.51. The van der Waals surface area contributed by atoms with Crippen LogP contribution in [-0.4, -0.2) is 13.1 Å². The predicted molar refractivity (Wildman–Crippen MR) is 133 cm³/mol. The number of esters is 1. The van der Waals surface area contributed by atoms with Gasteiger partial charge in [-0.25, -0.2) is 0 Å². The van der Waals surface area contributed by atoms with E-state index in [0.717, 1.165) is 48.3 Å². The van der Waals surface area contributed by atoms with Gasteiger partial charge in [-0.05, 0) is 104 Å². The summed E-state index contributed by atoms with van der Waals surface area (Å²) >= 11 is 0. The van der Waals surface area contributed by atoms with Gasteiger partial charge in [-0.3, -0.25) is 4.79 Å². The Balaban J connectivity index is 1.51. The second-order valence-electron chi connectivity index (χ2n) is 12.8. The van der Waals surface area contributed by atoms with Crippen molar-refractivity contribution in [3.8, 4) is 0 Å². The molecule has 0 spiro atoms. The molecule has 0 aromatic heterocycles. The van der Waals surface area contributed by atoms with E-state index in [0.29, 0.717) is 10.8 Å². The summed E-state index contributed by atoms with van der Waals surface area (Å²) in [7, 11) is 1.55. The minimum Gasteiger partial charge on any atom is -0.469 e. The van der Waals surface area contributed by atoms with Crippen molar-refractivity contribution in [1.82, 2.24) is 0 Å². The first-order valence-corrected chi connectivity index (χ1v) is 14.0. The van der Waals surface area contributed by atoms with Crippen molar-refractivity contribution < 1.29 is 9.53 Å². The lowest BCUT2D eigenvalue weighted by Crippen LogP contribution is -2.51. The average molecular weight is 443 g/mol. The van der Waals surface area contributed by atoms with Gasteiger partial charge < -0.3 is 4.74 Å². The molecule has 4 rings (SSSR count). The Morgan fingerprint density at radius 1 is 1.09 bits per heavy atom. The molecule has 0 aliphatic heterocycles. The minimum absolute atomic E-state index is 0.0130. The van der Waals surface area contributed by atoms with E-state index in [2.05, 4.69) is 40.7 Å². The first kappa shape index (κ1) is 24.3. The van der Waals surface area contributed by atoms with E-state index in [9.17, 15) is 4.79 Å². The fourth-order valence-electron chi connectivity index (χ4n) is 9.51. The molecule has 0 amide bonds. The van der Waals surface area contributed by atoms with Crippen LogP contribution in [-0.2, 0) is 9.53 Å². The van der Waals surface area contributed by atoms with E-state index in [1.807, 2.05) is 0 Å². The van der Waals surface area contributed by atoms with E-state index in [1.165, 1.54) is 64.2 Å². The second kappa shape index (κ2) is 9.46. The fraction of sp³-hybridized carbons (Fsp3) is 0.900. The Kier molecular flexibility index (Phi) is 7.19. The molecule has 0 aromatic rings. The number of hydrogen-bond donors (Lipinski definition) is 0. The van der Waals surface area contributed by atoms with E-state index in [-0.39, 0.29) is 11.9 Å². The molecule has 0 heterocycles. The number of allylic oxidation sites excluding steroid dienone is 2. The molecule has 4 aliphatic carbocycles. The van der Waals surface area contributed by atoms with Crippen LogP contribution in [0.2, 0.25) is 0 Å². The van der Waals surface area contributed by atoms with Gasteiger partial charge in [0.25, 0.3) is 0 Å². The summed E-state index contributed by atoms with van der Waals surface area (Å²) in [6, 6.07) is 0. The molecule has 0 N–H and O–H groups in total. The normalized spacial score (nSPS) is 42.0. The Labute approximate surface area is 198 Å². The minimum atomic E-state index is 0.0130. The highest BCUT2D eigenvalue weighted by Gasteiger charge is 2.60. The van der Waals surface area contributed by atoms with Gasteiger partial charge in [0.15, 0.2) is 0 Å². The maximum Gasteiger partial charge on any atom is 0.308 e. The van der Waals surface area contributed by atoms with Gasteiger partial charge in [-0.15, -0.1) is 0 Å². The van der Waals surface area contributed by atoms with Crippen LogP contribution in [0.4, 0.5) is 0 Å². The standard InChI is InChI=1S/C30H50O2/c1-7-30-18-15-22(28(31)32-6)19-23(30)11-12-24-26-14-13-25(21(4)10-8-9-20(2)3)29(26,5)17-16-27(24)30/h11,20-22,24-27H,7-10,12-19H2,1-6H3. The van der Waals surface area contributed by atoms with Crippen LogP contribution in [0.15, 0.2) is 11.6 Å². The van der Waals surface area contributed by atoms with Crippen molar-refractivity contribution >= 4 is 5.97 Å². The van der Waals surface area contributed by atoms with Crippen LogP contribution < -0.4 is 0 Å². The molecule has 0 bridgehead atoms. The average Bonchev–Trinajstić information content (AvgIpc) is 3.14. The molecule has 8 unspecified atom stereocenters. The Morgan fingerprint density at radius 3 is 2.56 bits per heavy atom. The molecular formula is C30H50O2. The van der Waals surface area contributed by atoms with Crippen molar-refractivity contribution in [2.45, 2.75) is 112 Å². The third-order valence-electron chi connectivity index (χ3n) is 11.2. The molecule has 32 heavy (non-hydrogen) atoms. The summed E-state index contributed by atoms with van der Waals surface area (Å²) in [6.07, 6.45) is 18.3. The number of carbonyl (C=O) groups excluding carboxylic acids is 1. The van der Waals surface area contributed by atoms with Crippen molar-refractivity contribution in [3.63, 3.8) is 0 Å². The van der Waals surface area contributed by atoms with Crippen molar-refractivity contribution in [2.24, 2.45) is 52.3 Å². The largest absolute Gasteiger partial charge is 0.469 e. The first-order valence-electron chi connectivity index (χ1n) is 14.0. The van der Waals surface area contributed by atoms with E-state index >= 15 is 0 Å². The lowest BCUT2D eigenvalue weighted by molar-refractivity contribution is -0.147. The highest BCUT2D eigenvalue weighted by molar-refractivity contribution is 5.73. The number of hydrogen-bond acceptors (Lipinski definition) is 2. The van der Waals surface area contributed by atoms with Gasteiger partial charge in [-0.1, -0.05) is 65.5 Å². The smallest absolute Gasteiger partial charge is 0.308 e. The van der Waals surface area contributed by atoms with E-state index in [4.69, 9.17) is 4.74 Å². The summed E-state index contributed by atoms with van der Waals surface area (Å²) in [6.45, 7) is 12.4. The highest BCUT2D eigenvalue weighted by atomic mass is 16.5. The summed E-state index contributed by atoms with van der Waals surface area (Å²) < 4.78 is 5.12. The Bertz CT molecular complexity index is 708. The van der Waals surface area contributed by atoms with Crippen LogP contribution in [0.5, 0.6) is 0 Å². The van der Waals surface area contributed by atoms with Crippen molar-refractivity contribution in [2.75, 3.05) is 7.11 Å². The number of fused-ring (bicyclic) bond motifs is 5. The molecule has 2 heteroatoms. The summed E-state index contributed by atoms with van der Waals surface area (Å²) in [5.74, 6) is 5.40. The Hall–Kier alpha value is -0.790. The molecule has 182 valence electrons. The van der Waals surface area contributed by atoms with Crippen molar-refractivity contribution in [1.29, 1.82) is 0 Å². The molecule has 3 saturated carbocycles. The van der Waals surface area contributed by atoms with Gasteiger partial charge in [0.2, 0.25) is 0 Å². The third-order valence-corrected chi connectivity index (χ3v) is 11.2. The van der Waals surface area contributed by atoms with Crippen LogP contribution in [0, 0.1) is 52.3 Å². The zero-order valence-corrected chi connectivity index (χ0v) is 21.9. The molecule has 0 aromatic carbocycles. The molecule has 0 saturated heterocycles. The van der Waals surface area contributed by atoms with Gasteiger partial charge in [0, 0.05) is 0 Å². The number of carbonyl (C=O) groups is 1.